The Hall–Kier alpha value is -1.52. The maximum absolute atomic E-state index is 12.4. The number of aryl methyl sites for hydroxylation is 1. The molecule has 0 unspecified atom stereocenters. The van der Waals surface area contributed by atoms with E-state index in [9.17, 15) is 4.79 Å². The molecule has 0 spiro atoms. The summed E-state index contributed by atoms with van der Waals surface area (Å²) in [6.45, 7) is 3.90. The fourth-order valence-electron chi connectivity index (χ4n) is 2.70. The van der Waals surface area contributed by atoms with E-state index < -0.39 is 0 Å². The van der Waals surface area contributed by atoms with E-state index in [1.165, 1.54) is 19.0 Å². The van der Waals surface area contributed by atoms with Gasteiger partial charge < -0.3 is 10.6 Å². The standard InChI is InChI=1S/C13H22N4O/c1-3-4-10-5-7-17(8-6-10)13(18)12-11(14)9-15-16(12)2/h9-10H,3-8,14H2,1-2H3. The summed E-state index contributed by atoms with van der Waals surface area (Å²) in [5.41, 5.74) is 6.78. The molecule has 5 heteroatoms. The Morgan fingerprint density at radius 3 is 2.67 bits per heavy atom. The van der Waals surface area contributed by atoms with Crippen molar-refractivity contribution in [2.45, 2.75) is 32.6 Å². The summed E-state index contributed by atoms with van der Waals surface area (Å²) in [6, 6.07) is 0. The zero-order chi connectivity index (χ0) is 13.1. The van der Waals surface area contributed by atoms with Gasteiger partial charge in [-0.05, 0) is 18.8 Å². The molecule has 2 rings (SSSR count). The van der Waals surface area contributed by atoms with E-state index in [1.54, 1.807) is 11.7 Å². The van der Waals surface area contributed by atoms with Gasteiger partial charge in [0.25, 0.3) is 5.91 Å². The van der Waals surface area contributed by atoms with Gasteiger partial charge in [-0.15, -0.1) is 0 Å². The first-order valence-corrected chi connectivity index (χ1v) is 6.70. The van der Waals surface area contributed by atoms with Gasteiger partial charge in [0.1, 0.15) is 5.69 Å². The first-order valence-electron chi connectivity index (χ1n) is 6.70. The minimum Gasteiger partial charge on any atom is -0.396 e. The third-order valence-electron chi connectivity index (χ3n) is 3.77. The maximum Gasteiger partial charge on any atom is 0.274 e. The molecule has 0 atom stereocenters. The highest BCUT2D eigenvalue weighted by molar-refractivity contribution is 5.97. The summed E-state index contributed by atoms with van der Waals surface area (Å²) in [5.74, 6) is 0.797. The van der Waals surface area contributed by atoms with Gasteiger partial charge in [-0.1, -0.05) is 19.8 Å². The number of nitrogen functional groups attached to an aromatic ring is 1. The second-order valence-electron chi connectivity index (χ2n) is 5.10. The number of likely N-dealkylation sites (tertiary alicyclic amines) is 1. The second kappa shape index (κ2) is 5.42. The van der Waals surface area contributed by atoms with Crippen molar-refractivity contribution >= 4 is 11.6 Å². The van der Waals surface area contributed by atoms with Crippen molar-refractivity contribution in [3.05, 3.63) is 11.9 Å². The predicted octanol–water partition coefficient (Wildman–Crippen LogP) is 1.65. The van der Waals surface area contributed by atoms with Crippen LogP contribution in [-0.4, -0.2) is 33.7 Å². The number of amides is 1. The largest absolute Gasteiger partial charge is 0.396 e. The van der Waals surface area contributed by atoms with Crippen LogP contribution in [0.1, 0.15) is 43.1 Å². The van der Waals surface area contributed by atoms with E-state index in [0.29, 0.717) is 11.4 Å². The number of hydrogen-bond donors (Lipinski definition) is 1. The lowest BCUT2D eigenvalue weighted by Crippen LogP contribution is -2.39. The molecule has 0 radical (unpaired) electrons. The molecule has 0 bridgehead atoms. The molecule has 100 valence electrons. The van der Waals surface area contributed by atoms with Crippen molar-refractivity contribution in [2.75, 3.05) is 18.8 Å². The van der Waals surface area contributed by atoms with Gasteiger partial charge in [-0.25, -0.2) is 0 Å². The minimum absolute atomic E-state index is 0.0162. The van der Waals surface area contributed by atoms with E-state index in [1.807, 2.05) is 4.90 Å². The van der Waals surface area contributed by atoms with Crippen LogP contribution in [0, 0.1) is 5.92 Å². The first kappa shape index (κ1) is 12.9. The molecule has 18 heavy (non-hydrogen) atoms. The fourth-order valence-corrected chi connectivity index (χ4v) is 2.70. The summed E-state index contributed by atoms with van der Waals surface area (Å²) < 4.78 is 1.57. The van der Waals surface area contributed by atoms with Crippen molar-refractivity contribution in [1.29, 1.82) is 0 Å². The summed E-state index contributed by atoms with van der Waals surface area (Å²) in [5, 5.41) is 4.02. The van der Waals surface area contributed by atoms with Crippen LogP contribution in [0.25, 0.3) is 0 Å². The Morgan fingerprint density at radius 1 is 1.50 bits per heavy atom. The van der Waals surface area contributed by atoms with Crippen molar-refractivity contribution in [2.24, 2.45) is 13.0 Å². The van der Waals surface area contributed by atoms with Gasteiger partial charge in [0.05, 0.1) is 11.9 Å². The zero-order valence-electron chi connectivity index (χ0n) is 11.2. The Bertz CT molecular complexity index is 399. The molecule has 1 fully saturated rings. The normalized spacial score (nSPS) is 17.1. The molecule has 5 nitrogen and oxygen atoms in total. The number of hydrogen-bond acceptors (Lipinski definition) is 3. The highest BCUT2D eigenvalue weighted by atomic mass is 16.2. The van der Waals surface area contributed by atoms with E-state index in [-0.39, 0.29) is 5.91 Å². The summed E-state index contributed by atoms with van der Waals surface area (Å²) in [6.07, 6.45) is 6.26. The SMILES string of the molecule is CCCC1CCN(C(=O)c2c(N)cnn2C)CC1. The molecule has 1 aliphatic rings. The van der Waals surface area contributed by atoms with Crippen molar-refractivity contribution in [3.8, 4) is 0 Å². The van der Waals surface area contributed by atoms with Crippen LogP contribution < -0.4 is 5.73 Å². The molecule has 0 aromatic carbocycles. The maximum atomic E-state index is 12.4. The Morgan fingerprint density at radius 2 is 2.17 bits per heavy atom. The minimum atomic E-state index is 0.0162. The third kappa shape index (κ3) is 2.49. The molecular formula is C13H22N4O. The number of rotatable bonds is 3. The van der Waals surface area contributed by atoms with Gasteiger partial charge in [0, 0.05) is 20.1 Å². The summed E-state index contributed by atoms with van der Waals surface area (Å²) >= 11 is 0. The molecular weight excluding hydrogens is 228 g/mol. The van der Waals surface area contributed by atoms with Gasteiger partial charge in [-0.2, -0.15) is 5.10 Å². The molecule has 1 aromatic heterocycles. The average molecular weight is 250 g/mol. The van der Waals surface area contributed by atoms with Crippen LogP contribution in [0.15, 0.2) is 6.20 Å². The monoisotopic (exact) mass is 250 g/mol. The van der Waals surface area contributed by atoms with Crippen LogP contribution in [-0.2, 0) is 7.05 Å². The number of nitrogens with zero attached hydrogens (tertiary/aromatic N) is 3. The predicted molar refractivity (Wildman–Crippen MR) is 71.2 cm³/mol. The highest BCUT2D eigenvalue weighted by Crippen LogP contribution is 2.23. The lowest BCUT2D eigenvalue weighted by atomic mass is 9.92. The van der Waals surface area contributed by atoms with Crippen LogP contribution in [0.4, 0.5) is 5.69 Å². The van der Waals surface area contributed by atoms with Gasteiger partial charge >= 0.3 is 0 Å². The molecule has 2 N–H and O–H groups in total. The average Bonchev–Trinajstić information content (AvgIpc) is 2.70. The lowest BCUT2D eigenvalue weighted by Gasteiger charge is -2.32. The van der Waals surface area contributed by atoms with Crippen LogP contribution in [0.5, 0.6) is 0 Å². The Kier molecular flexibility index (Phi) is 3.89. The molecule has 0 aliphatic carbocycles. The van der Waals surface area contributed by atoms with E-state index in [4.69, 9.17) is 5.73 Å². The van der Waals surface area contributed by atoms with E-state index in [2.05, 4.69) is 12.0 Å². The van der Waals surface area contributed by atoms with Gasteiger partial charge in [0.15, 0.2) is 0 Å². The van der Waals surface area contributed by atoms with Gasteiger partial charge in [-0.3, -0.25) is 9.48 Å². The highest BCUT2D eigenvalue weighted by Gasteiger charge is 2.26. The van der Waals surface area contributed by atoms with Crippen molar-refractivity contribution < 1.29 is 4.79 Å². The molecule has 2 heterocycles. The third-order valence-corrected chi connectivity index (χ3v) is 3.77. The van der Waals surface area contributed by atoms with E-state index in [0.717, 1.165) is 31.8 Å². The number of carbonyl (C=O) groups is 1. The molecule has 1 aromatic rings. The molecule has 0 saturated carbocycles. The Labute approximate surface area is 108 Å². The fraction of sp³-hybridized carbons (Fsp3) is 0.692. The summed E-state index contributed by atoms with van der Waals surface area (Å²) in [7, 11) is 1.76. The number of nitrogens with two attached hydrogens (primary N) is 1. The zero-order valence-corrected chi connectivity index (χ0v) is 11.2. The lowest BCUT2D eigenvalue weighted by molar-refractivity contribution is 0.0676. The topological polar surface area (TPSA) is 64.2 Å². The number of aromatic nitrogens is 2. The quantitative estimate of drug-likeness (QED) is 0.887. The number of carbonyl (C=O) groups excluding carboxylic acids is 1. The van der Waals surface area contributed by atoms with Crippen molar-refractivity contribution in [1.82, 2.24) is 14.7 Å². The van der Waals surface area contributed by atoms with E-state index >= 15 is 0 Å². The summed E-state index contributed by atoms with van der Waals surface area (Å²) in [4.78, 5) is 14.3. The van der Waals surface area contributed by atoms with Crippen LogP contribution in [0.3, 0.4) is 0 Å². The molecule has 1 saturated heterocycles. The Balaban J connectivity index is 2.00. The van der Waals surface area contributed by atoms with Crippen LogP contribution in [0.2, 0.25) is 0 Å². The smallest absolute Gasteiger partial charge is 0.274 e. The molecule has 1 amide bonds. The molecule has 1 aliphatic heterocycles. The van der Waals surface area contributed by atoms with Crippen LogP contribution >= 0.6 is 0 Å². The van der Waals surface area contributed by atoms with Crippen molar-refractivity contribution in [3.63, 3.8) is 0 Å². The number of anilines is 1. The van der Waals surface area contributed by atoms with Gasteiger partial charge in [0.2, 0.25) is 0 Å². The second-order valence-corrected chi connectivity index (χ2v) is 5.10. The first-order chi connectivity index (χ1) is 8.63. The number of piperidine rings is 1.